The molecule has 24 heavy (non-hydrogen) atoms. The molecule has 0 unspecified atom stereocenters. The summed E-state index contributed by atoms with van der Waals surface area (Å²) in [6, 6.07) is 14.1. The van der Waals surface area contributed by atoms with Crippen LogP contribution in [0.2, 0.25) is 0 Å². The van der Waals surface area contributed by atoms with Crippen molar-refractivity contribution >= 4 is 22.6 Å². The molecule has 0 saturated carbocycles. The Balaban J connectivity index is 1.98. The fraction of sp³-hybridized carbons (Fsp3) is 0.158. The molecule has 1 heterocycles. The summed E-state index contributed by atoms with van der Waals surface area (Å²) in [7, 11) is 0. The zero-order valence-corrected chi connectivity index (χ0v) is 13.5. The molecule has 1 aromatic heterocycles. The molecule has 0 radical (unpaired) electrons. The van der Waals surface area contributed by atoms with Gasteiger partial charge in [0.25, 0.3) is 5.91 Å². The third-order valence-corrected chi connectivity index (χ3v) is 3.64. The van der Waals surface area contributed by atoms with Gasteiger partial charge in [-0.05, 0) is 37.6 Å². The molecule has 1 amide bonds. The maximum Gasteiger partial charge on any atom is 0.349 e. The minimum atomic E-state index is -0.664. The van der Waals surface area contributed by atoms with Crippen LogP contribution in [0, 0.1) is 6.92 Å². The summed E-state index contributed by atoms with van der Waals surface area (Å²) in [4.78, 5) is 24.7. The summed E-state index contributed by atoms with van der Waals surface area (Å²) < 4.78 is 10.8. The van der Waals surface area contributed by atoms with Crippen LogP contribution in [0.3, 0.4) is 0 Å². The van der Waals surface area contributed by atoms with Gasteiger partial charge in [-0.1, -0.05) is 30.3 Å². The van der Waals surface area contributed by atoms with Crippen molar-refractivity contribution in [1.29, 1.82) is 0 Å². The highest BCUT2D eigenvalue weighted by Crippen LogP contribution is 2.24. The Hall–Kier alpha value is -3.08. The molecule has 5 heteroatoms. The van der Waals surface area contributed by atoms with Crippen molar-refractivity contribution in [3.63, 3.8) is 0 Å². The third-order valence-electron chi connectivity index (χ3n) is 3.64. The van der Waals surface area contributed by atoms with Gasteiger partial charge >= 0.3 is 5.63 Å². The topological polar surface area (TPSA) is 68.5 Å². The number of hydrogen-bond acceptors (Lipinski definition) is 4. The van der Waals surface area contributed by atoms with Crippen LogP contribution in [0.1, 0.15) is 22.8 Å². The molecule has 0 atom stereocenters. The van der Waals surface area contributed by atoms with E-state index < -0.39 is 11.5 Å². The van der Waals surface area contributed by atoms with E-state index in [9.17, 15) is 9.59 Å². The molecule has 0 fully saturated rings. The monoisotopic (exact) mass is 323 g/mol. The maximum atomic E-state index is 12.5. The first-order valence-electron chi connectivity index (χ1n) is 7.67. The molecular formula is C19H17NO4. The molecule has 2 aromatic carbocycles. The normalized spacial score (nSPS) is 10.6. The van der Waals surface area contributed by atoms with E-state index in [-0.39, 0.29) is 5.56 Å². The molecule has 0 aliphatic rings. The van der Waals surface area contributed by atoms with Gasteiger partial charge in [-0.25, -0.2) is 4.79 Å². The van der Waals surface area contributed by atoms with Gasteiger partial charge in [-0.2, -0.15) is 0 Å². The Bertz CT molecular complexity index is 959. The maximum absolute atomic E-state index is 12.5. The fourth-order valence-corrected chi connectivity index (χ4v) is 2.49. The van der Waals surface area contributed by atoms with Crippen molar-refractivity contribution < 1.29 is 13.9 Å². The molecule has 0 aliphatic heterocycles. The number of rotatable bonds is 4. The van der Waals surface area contributed by atoms with E-state index in [1.54, 1.807) is 30.3 Å². The zero-order chi connectivity index (χ0) is 17.1. The number of para-hydroxylation sites is 3. The van der Waals surface area contributed by atoms with E-state index in [2.05, 4.69) is 5.32 Å². The minimum absolute atomic E-state index is 0.0422. The van der Waals surface area contributed by atoms with Gasteiger partial charge < -0.3 is 14.5 Å². The Morgan fingerprint density at radius 2 is 1.96 bits per heavy atom. The lowest BCUT2D eigenvalue weighted by molar-refractivity contribution is 0.102. The van der Waals surface area contributed by atoms with Crippen LogP contribution >= 0.6 is 0 Å². The van der Waals surface area contributed by atoms with E-state index in [4.69, 9.17) is 9.15 Å². The number of aryl methyl sites for hydroxylation is 1. The molecular weight excluding hydrogens is 306 g/mol. The molecule has 3 aromatic rings. The lowest BCUT2D eigenvalue weighted by atomic mass is 10.1. The van der Waals surface area contributed by atoms with Gasteiger partial charge in [0.2, 0.25) is 0 Å². The molecule has 3 rings (SSSR count). The second-order valence-electron chi connectivity index (χ2n) is 5.32. The average Bonchev–Trinajstić information content (AvgIpc) is 2.57. The molecule has 0 saturated heterocycles. The van der Waals surface area contributed by atoms with Gasteiger partial charge in [0, 0.05) is 5.39 Å². The summed E-state index contributed by atoms with van der Waals surface area (Å²) in [6.45, 7) is 4.19. The first kappa shape index (κ1) is 15.8. The number of ether oxygens (including phenoxy) is 1. The van der Waals surface area contributed by atoms with E-state index in [1.165, 1.54) is 0 Å². The molecule has 122 valence electrons. The van der Waals surface area contributed by atoms with Crippen LogP contribution in [0.15, 0.2) is 57.7 Å². The molecule has 1 N–H and O–H groups in total. The van der Waals surface area contributed by atoms with Crippen LogP contribution in [0.25, 0.3) is 11.0 Å². The summed E-state index contributed by atoms with van der Waals surface area (Å²) in [6.07, 6.45) is 0. The number of anilines is 1. The van der Waals surface area contributed by atoms with E-state index in [0.717, 1.165) is 5.56 Å². The standard InChI is InChI=1S/C19H17NO4/c1-3-23-16-10-5-4-9-15(16)20-18(21)14-11-13-8-6-7-12(2)17(13)24-19(14)22/h4-11H,3H2,1-2H3,(H,20,21). The lowest BCUT2D eigenvalue weighted by Gasteiger charge is -2.11. The first-order valence-corrected chi connectivity index (χ1v) is 7.67. The number of hydrogen-bond donors (Lipinski definition) is 1. The predicted molar refractivity (Wildman–Crippen MR) is 92.8 cm³/mol. The van der Waals surface area contributed by atoms with Crippen molar-refractivity contribution in [1.82, 2.24) is 0 Å². The van der Waals surface area contributed by atoms with Crippen molar-refractivity contribution in [2.45, 2.75) is 13.8 Å². The van der Waals surface area contributed by atoms with Gasteiger partial charge in [0.05, 0.1) is 12.3 Å². The highest BCUT2D eigenvalue weighted by atomic mass is 16.5. The SMILES string of the molecule is CCOc1ccccc1NC(=O)c1cc2cccc(C)c2oc1=O. The van der Waals surface area contributed by atoms with Gasteiger partial charge in [0.15, 0.2) is 0 Å². The Kier molecular flexibility index (Phi) is 4.33. The van der Waals surface area contributed by atoms with Crippen molar-refractivity contribution in [3.8, 4) is 5.75 Å². The number of amides is 1. The summed E-state index contributed by atoms with van der Waals surface area (Å²) in [5.41, 5.74) is 1.14. The quantitative estimate of drug-likeness (QED) is 0.742. The number of nitrogens with one attached hydrogen (secondary N) is 1. The molecule has 5 nitrogen and oxygen atoms in total. The second-order valence-corrected chi connectivity index (χ2v) is 5.32. The third kappa shape index (κ3) is 3.01. The van der Waals surface area contributed by atoms with Crippen molar-refractivity contribution in [2.24, 2.45) is 0 Å². The Labute approximate surface area is 138 Å². The van der Waals surface area contributed by atoms with Crippen molar-refractivity contribution in [3.05, 3.63) is 70.1 Å². The zero-order valence-electron chi connectivity index (χ0n) is 13.5. The van der Waals surface area contributed by atoms with Gasteiger partial charge in [-0.15, -0.1) is 0 Å². The van der Waals surface area contributed by atoms with Crippen LogP contribution in [0.4, 0.5) is 5.69 Å². The number of carbonyl (C=O) groups is 1. The van der Waals surface area contributed by atoms with Crippen molar-refractivity contribution in [2.75, 3.05) is 11.9 Å². The largest absolute Gasteiger partial charge is 0.492 e. The second kappa shape index (κ2) is 6.58. The lowest BCUT2D eigenvalue weighted by Crippen LogP contribution is -2.21. The fourth-order valence-electron chi connectivity index (χ4n) is 2.49. The number of benzene rings is 2. The smallest absolute Gasteiger partial charge is 0.349 e. The number of fused-ring (bicyclic) bond motifs is 1. The van der Waals surface area contributed by atoms with E-state index in [1.807, 2.05) is 32.0 Å². The van der Waals surface area contributed by atoms with Crippen LogP contribution in [0.5, 0.6) is 5.75 Å². The summed E-state index contributed by atoms with van der Waals surface area (Å²) in [5.74, 6) is 0.0219. The average molecular weight is 323 g/mol. The van der Waals surface area contributed by atoms with Crippen LogP contribution in [-0.2, 0) is 0 Å². The molecule has 0 bridgehead atoms. The van der Waals surface area contributed by atoms with E-state index in [0.29, 0.717) is 29.0 Å². The van der Waals surface area contributed by atoms with Gasteiger partial charge in [-0.3, -0.25) is 4.79 Å². The highest BCUT2D eigenvalue weighted by Gasteiger charge is 2.16. The summed E-state index contributed by atoms with van der Waals surface area (Å²) >= 11 is 0. The Morgan fingerprint density at radius 1 is 1.17 bits per heavy atom. The number of carbonyl (C=O) groups excluding carboxylic acids is 1. The first-order chi connectivity index (χ1) is 11.6. The highest BCUT2D eigenvalue weighted by molar-refractivity contribution is 6.06. The summed E-state index contributed by atoms with van der Waals surface area (Å²) in [5, 5.41) is 3.41. The Morgan fingerprint density at radius 3 is 2.75 bits per heavy atom. The van der Waals surface area contributed by atoms with Crippen LogP contribution < -0.4 is 15.7 Å². The minimum Gasteiger partial charge on any atom is -0.492 e. The predicted octanol–water partition coefficient (Wildman–Crippen LogP) is 3.75. The molecule has 0 aliphatic carbocycles. The van der Waals surface area contributed by atoms with Crippen LogP contribution in [-0.4, -0.2) is 12.5 Å². The van der Waals surface area contributed by atoms with Gasteiger partial charge in [0.1, 0.15) is 16.9 Å². The van der Waals surface area contributed by atoms with E-state index >= 15 is 0 Å². The molecule has 0 spiro atoms.